The van der Waals surface area contributed by atoms with Gasteiger partial charge in [-0.05, 0) is 30.2 Å². The lowest BCUT2D eigenvalue weighted by Crippen LogP contribution is -2.57. The van der Waals surface area contributed by atoms with Gasteiger partial charge < -0.3 is 9.47 Å². The standard InChI is InChI=1S/C21H25NO4/c1-4-19(23)26-20(24)21(22(15(2)3)12-13-25-21)14-17-10-7-9-16-8-5-6-11-18(16)17/h5-11,15H,4,12-14H2,1-3H3. The minimum Gasteiger partial charge on any atom is -0.390 e. The third-order valence-electron chi connectivity index (χ3n) is 4.88. The predicted molar refractivity (Wildman–Crippen MR) is 99.6 cm³/mol. The van der Waals surface area contributed by atoms with Crippen molar-refractivity contribution in [1.82, 2.24) is 4.90 Å². The van der Waals surface area contributed by atoms with Gasteiger partial charge in [0.2, 0.25) is 5.72 Å². The summed E-state index contributed by atoms with van der Waals surface area (Å²) < 4.78 is 11.1. The van der Waals surface area contributed by atoms with Crippen LogP contribution in [0.5, 0.6) is 0 Å². The second-order valence-electron chi connectivity index (χ2n) is 6.85. The molecule has 0 N–H and O–H groups in total. The Kier molecular flexibility index (Phi) is 5.39. The number of rotatable bonds is 5. The molecule has 138 valence electrons. The predicted octanol–water partition coefficient (Wildman–Crippen LogP) is 3.30. The molecule has 1 unspecified atom stereocenters. The third-order valence-corrected chi connectivity index (χ3v) is 4.88. The molecule has 2 aromatic carbocycles. The van der Waals surface area contributed by atoms with E-state index in [1.807, 2.05) is 61.2 Å². The highest BCUT2D eigenvalue weighted by molar-refractivity contribution is 5.92. The maximum atomic E-state index is 13.0. The van der Waals surface area contributed by atoms with Crippen molar-refractivity contribution in [3.63, 3.8) is 0 Å². The summed E-state index contributed by atoms with van der Waals surface area (Å²) in [6, 6.07) is 14.1. The molecule has 26 heavy (non-hydrogen) atoms. The van der Waals surface area contributed by atoms with Gasteiger partial charge in [0.25, 0.3) is 0 Å². The largest absolute Gasteiger partial charge is 0.390 e. The number of carbonyl (C=O) groups excluding carboxylic acids is 2. The average Bonchev–Trinajstić information content (AvgIpc) is 3.07. The van der Waals surface area contributed by atoms with E-state index in [1.165, 1.54) is 0 Å². The molecule has 0 saturated carbocycles. The van der Waals surface area contributed by atoms with Crippen LogP contribution in [0.3, 0.4) is 0 Å². The zero-order valence-electron chi connectivity index (χ0n) is 15.5. The molecule has 0 radical (unpaired) electrons. The fraction of sp³-hybridized carbons (Fsp3) is 0.429. The van der Waals surface area contributed by atoms with E-state index in [9.17, 15) is 9.59 Å². The van der Waals surface area contributed by atoms with Crippen molar-refractivity contribution in [3.05, 3.63) is 48.0 Å². The van der Waals surface area contributed by atoms with Crippen molar-refractivity contribution in [2.24, 2.45) is 0 Å². The van der Waals surface area contributed by atoms with Crippen molar-refractivity contribution in [3.8, 4) is 0 Å². The highest BCUT2D eigenvalue weighted by atomic mass is 16.6. The van der Waals surface area contributed by atoms with E-state index in [2.05, 4.69) is 0 Å². The van der Waals surface area contributed by atoms with E-state index in [0.717, 1.165) is 16.3 Å². The minimum absolute atomic E-state index is 0.0803. The summed E-state index contributed by atoms with van der Waals surface area (Å²) in [5.41, 5.74) is -0.278. The number of ether oxygens (including phenoxy) is 2. The molecule has 1 atom stereocenters. The van der Waals surface area contributed by atoms with Crippen LogP contribution >= 0.6 is 0 Å². The van der Waals surface area contributed by atoms with Crippen molar-refractivity contribution < 1.29 is 19.1 Å². The smallest absolute Gasteiger partial charge is 0.362 e. The van der Waals surface area contributed by atoms with E-state index >= 15 is 0 Å². The zero-order valence-corrected chi connectivity index (χ0v) is 15.5. The highest BCUT2D eigenvalue weighted by Crippen LogP contribution is 2.33. The Labute approximate surface area is 153 Å². The summed E-state index contributed by atoms with van der Waals surface area (Å²) in [5.74, 6) is -1.16. The Morgan fingerprint density at radius 3 is 2.65 bits per heavy atom. The molecule has 1 aliphatic heterocycles. The first kappa shape index (κ1) is 18.5. The number of carbonyl (C=O) groups is 2. The number of nitrogens with zero attached hydrogens (tertiary/aromatic N) is 1. The third kappa shape index (κ3) is 3.37. The molecule has 1 saturated heterocycles. The first-order valence-corrected chi connectivity index (χ1v) is 9.10. The van der Waals surface area contributed by atoms with E-state index < -0.39 is 17.7 Å². The zero-order chi connectivity index (χ0) is 18.7. The summed E-state index contributed by atoms with van der Waals surface area (Å²) >= 11 is 0. The topological polar surface area (TPSA) is 55.8 Å². The maximum Gasteiger partial charge on any atom is 0.362 e. The first-order chi connectivity index (χ1) is 12.5. The molecule has 0 aliphatic carbocycles. The van der Waals surface area contributed by atoms with Gasteiger partial charge in [-0.2, -0.15) is 0 Å². The van der Waals surface area contributed by atoms with Gasteiger partial charge in [-0.3, -0.25) is 9.69 Å². The number of hydrogen-bond acceptors (Lipinski definition) is 5. The van der Waals surface area contributed by atoms with Crippen LogP contribution in [0.1, 0.15) is 32.8 Å². The lowest BCUT2D eigenvalue weighted by molar-refractivity contribution is -0.189. The Hall–Kier alpha value is -2.24. The van der Waals surface area contributed by atoms with Crippen LogP contribution in [0.2, 0.25) is 0 Å². The van der Waals surface area contributed by atoms with Gasteiger partial charge in [-0.15, -0.1) is 0 Å². The maximum absolute atomic E-state index is 13.0. The van der Waals surface area contributed by atoms with Crippen LogP contribution in [-0.2, 0) is 25.5 Å². The Morgan fingerprint density at radius 2 is 1.92 bits per heavy atom. The highest BCUT2D eigenvalue weighted by Gasteiger charge is 2.52. The molecule has 3 rings (SSSR count). The van der Waals surface area contributed by atoms with Crippen LogP contribution in [-0.4, -0.2) is 41.8 Å². The van der Waals surface area contributed by atoms with Crippen LogP contribution < -0.4 is 0 Å². The van der Waals surface area contributed by atoms with E-state index in [1.54, 1.807) is 6.92 Å². The van der Waals surface area contributed by atoms with Crippen LogP contribution in [0.25, 0.3) is 10.8 Å². The van der Waals surface area contributed by atoms with Gasteiger partial charge >= 0.3 is 11.9 Å². The van der Waals surface area contributed by atoms with Gasteiger partial charge in [-0.1, -0.05) is 49.4 Å². The van der Waals surface area contributed by atoms with Crippen LogP contribution in [0.15, 0.2) is 42.5 Å². The Morgan fingerprint density at radius 1 is 1.19 bits per heavy atom. The second-order valence-corrected chi connectivity index (χ2v) is 6.85. The van der Waals surface area contributed by atoms with Gasteiger partial charge in [0, 0.05) is 25.4 Å². The molecule has 5 heteroatoms. The minimum atomic E-state index is -1.27. The molecular formula is C21H25NO4. The van der Waals surface area contributed by atoms with Crippen molar-refractivity contribution in [2.75, 3.05) is 13.2 Å². The Bertz CT molecular complexity index is 811. The van der Waals surface area contributed by atoms with Gasteiger partial charge in [0.05, 0.1) is 6.61 Å². The second kappa shape index (κ2) is 7.56. The Balaban J connectivity index is 2.03. The number of esters is 2. The number of fused-ring (bicyclic) bond motifs is 1. The lowest BCUT2D eigenvalue weighted by Gasteiger charge is -2.37. The van der Waals surface area contributed by atoms with Gasteiger partial charge in [0.1, 0.15) is 0 Å². The van der Waals surface area contributed by atoms with Crippen LogP contribution in [0, 0.1) is 0 Å². The summed E-state index contributed by atoms with van der Waals surface area (Å²) in [5, 5.41) is 2.18. The van der Waals surface area contributed by atoms with Crippen LogP contribution in [0.4, 0.5) is 0 Å². The summed E-state index contributed by atoms with van der Waals surface area (Å²) in [6.07, 6.45) is 0.486. The van der Waals surface area contributed by atoms with E-state index in [4.69, 9.17) is 9.47 Å². The fourth-order valence-corrected chi connectivity index (χ4v) is 3.61. The van der Waals surface area contributed by atoms with Gasteiger partial charge in [-0.25, -0.2) is 4.79 Å². The monoisotopic (exact) mass is 355 g/mol. The molecule has 1 heterocycles. The van der Waals surface area contributed by atoms with E-state index in [0.29, 0.717) is 19.6 Å². The van der Waals surface area contributed by atoms with Crippen molar-refractivity contribution in [2.45, 2.75) is 45.4 Å². The van der Waals surface area contributed by atoms with Gasteiger partial charge in [0.15, 0.2) is 0 Å². The average molecular weight is 355 g/mol. The first-order valence-electron chi connectivity index (χ1n) is 9.10. The summed E-state index contributed by atoms with van der Waals surface area (Å²) in [4.78, 5) is 26.7. The molecule has 0 spiro atoms. The normalized spacial score (nSPS) is 20.6. The molecule has 1 fully saturated rings. The molecule has 1 aliphatic rings. The van der Waals surface area contributed by atoms with Crippen molar-refractivity contribution >= 4 is 22.7 Å². The molecule has 0 bridgehead atoms. The molecule has 2 aromatic rings. The summed E-state index contributed by atoms with van der Waals surface area (Å²) in [6.45, 7) is 6.75. The fourth-order valence-electron chi connectivity index (χ4n) is 3.61. The lowest BCUT2D eigenvalue weighted by atomic mass is 9.95. The van der Waals surface area contributed by atoms with Crippen molar-refractivity contribution in [1.29, 1.82) is 0 Å². The quantitative estimate of drug-likeness (QED) is 0.608. The molecule has 5 nitrogen and oxygen atoms in total. The number of hydrogen-bond donors (Lipinski definition) is 0. The van der Waals surface area contributed by atoms with E-state index in [-0.39, 0.29) is 12.5 Å². The SMILES string of the molecule is CCC(=O)OC(=O)C1(Cc2cccc3ccccc23)OCCN1C(C)C. The molecule has 0 amide bonds. The molecule has 0 aromatic heterocycles. The summed E-state index contributed by atoms with van der Waals surface area (Å²) in [7, 11) is 0. The number of benzene rings is 2. The molecular weight excluding hydrogens is 330 g/mol.